The molecule has 6 atom stereocenters. The van der Waals surface area contributed by atoms with Gasteiger partial charge in [0.25, 0.3) is 0 Å². The topological polar surface area (TPSA) is 39.3 Å². The molecule has 4 bridgehead atoms. The number of carbonyl (C=O) groups excluding carboxylic acids is 1. The van der Waals surface area contributed by atoms with Crippen LogP contribution in [0, 0.1) is 23.2 Å². The summed E-state index contributed by atoms with van der Waals surface area (Å²) in [5.74, 6) is 3.22. The molecule has 0 N–H and O–H groups in total. The number of likely N-dealkylation sites (tertiary alicyclic amines) is 2. The third kappa shape index (κ3) is 2.78. The fourth-order valence-electron chi connectivity index (χ4n) is 10.5. The number of ether oxygens (including phenoxy) is 1. The number of urea groups is 1. The molecule has 6 fully saturated rings. The smallest absolute Gasteiger partial charge is 0.320 e. The Hall–Kier alpha value is -1.79. The van der Waals surface area contributed by atoms with Gasteiger partial charge in [0, 0.05) is 56.8 Å². The highest BCUT2D eigenvalue weighted by atomic mass is 16.5. The van der Waals surface area contributed by atoms with E-state index >= 15 is 0 Å². The monoisotopic (exact) mass is 490 g/mol. The van der Waals surface area contributed by atoms with Crippen LogP contribution in [0.3, 0.4) is 0 Å². The SMILES string of the molecule is COc1ccc2c(c1)[C@]13CCN(CC4CC4)[C@H](C2)[C@]12CCC1C3[C@@H](CN1C(=O)N1CCN(C)CC1)C2. The van der Waals surface area contributed by atoms with Gasteiger partial charge in [-0.25, -0.2) is 4.79 Å². The molecule has 3 saturated heterocycles. The third-order valence-corrected chi connectivity index (χ3v) is 12.0. The van der Waals surface area contributed by atoms with Crippen LogP contribution in [0.1, 0.15) is 49.7 Å². The predicted octanol–water partition coefficient (Wildman–Crippen LogP) is 3.44. The van der Waals surface area contributed by atoms with E-state index in [9.17, 15) is 4.79 Å². The minimum Gasteiger partial charge on any atom is -0.497 e. The lowest BCUT2D eigenvalue weighted by molar-refractivity contribution is -0.102. The molecule has 3 saturated carbocycles. The summed E-state index contributed by atoms with van der Waals surface area (Å²) in [6.45, 7) is 7.29. The summed E-state index contributed by atoms with van der Waals surface area (Å²) < 4.78 is 5.80. The Bertz CT molecular complexity index is 1080. The maximum atomic E-state index is 13.9. The van der Waals surface area contributed by atoms with Gasteiger partial charge < -0.3 is 19.4 Å². The first-order chi connectivity index (χ1) is 17.5. The van der Waals surface area contributed by atoms with Crippen molar-refractivity contribution in [2.24, 2.45) is 23.2 Å². The average Bonchev–Trinajstić information content (AvgIpc) is 3.58. The van der Waals surface area contributed by atoms with Gasteiger partial charge in [-0.1, -0.05) is 6.07 Å². The van der Waals surface area contributed by atoms with E-state index in [0.717, 1.165) is 44.4 Å². The van der Waals surface area contributed by atoms with Crippen LogP contribution < -0.4 is 4.74 Å². The predicted molar refractivity (Wildman–Crippen MR) is 139 cm³/mol. The molecule has 1 aromatic rings. The van der Waals surface area contributed by atoms with Crippen molar-refractivity contribution in [2.75, 3.05) is 60.0 Å². The van der Waals surface area contributed by atoms with E-state index in [-0.39, 0.29) is 5.41 Å². The Kier molecular flexibility index (Phi) is 4.71. The molecule has 6 heteroatoms. The maximum Gasteiger partial charge on any atom is 0.320 e. The lowest BCUT2D eigenvalue weighted by Crippen LogP contribution is -2.70. The Balaban J connectivity index is 1.20. The number of benzene rings is 1. The zero-order valence-electron chi connectivity index (χ0n) is 22.1. The highest BCUT2D eigenvalue weighted by Crippen LogP contribution is 2.75. The molecular weight excluding hydrogens is 448 g/mol. The number of nitrogens with zero attached hydrogens (tertiary/aromatic N) is 4. The molecule has 2 amide bonds. The zero-order chi connectivity index (χ0) is 24.2. The standard InChI is InChI=1S/C30H42N4O2/c1-31-11-13-32(14-12-31)28(35)34-19-22-17-29-8-7-25(34)27(22)30(29)9-10-33(18-20-3-4-20)26(29)15-21-5-6-23(36-2)16-24(21)30/h5-6,16,20,22,25-27H,3-4,7-15,17-19H2,1-2H3/t22-,25?,26-,27?,29-,30+/m1/s1. The van der Waals surface area contributed by atoms with Gasteiger partial charge in [0.2, 0.25) is 0 Å². The number of piperidine rings is 1. The molecule has 6 nitrogen and oxygen atoms in total. The number of likely N-dealkylation sites (N-methyl/N-ethyl adjacent to an activating group) is 1. The largest absolute Gasteiger partial charge is 0.497 e. The number of carbonyl (C=O) groups is 1. The van der Waals surface area contributed by atoms with Gasteiger partial charge >= 0.3 is 6.03 Å². The Morgan fingerprint density at radius 3 is 2.69 bits per heavy atom. The Labute approximate surface area is 215 Å². The van der Waals surface area contributed by atoms with Gasteiger partial charge in [-0.05, 0) is 105 Å². The van der Waals surface area contributed by atoms with E-state index in [1.54, 1.807) is 11.1 Å². The molecule has 1 aromatic carbocycles. The lowest BCUT2D eigenvalue weighted by Gasteiger charge is -2.66. The van der Waals surface area contributed by atoms with Crippen LogP contribution in [0.25, 0.3) is 0 Å². The van der Waals surface area contributed by atoms with Crippen LogP contribution >= 0.6 is 0 Å². The number of fused-ring (bicyclic) bond motifs is 1. The number of amides is 2. The van der Waals surface area contributed by atoms with Gasteiger partial charge in [-0.3, -0.25) is 4.90 Å². The number of rotatable bonds is 3. The molecular formula is C30H42N4O2. The molecule has 0 radical (unpaired) electrons. The van der Waals surface area contributed by atoms with E-state index in [1.165, 1.54) is 58.0 Å². The van der Waals surface area contributed by atoms with Crippen LogP contribution in [0.4, 0.5) is 4.79 Å². The molecule has 4 aliphatic carbocycles. The third-order valence-electron chi connectivity index (χ3n) is 12.0. The summed E-state index contributed by atoms with van der Waals surface area (Å²) in [5, 5.41) is 0. The molecule has 0 aromatic heterocycles. The molecule has 0 spiro atoms. The minimum absolute atomic E-state index is 0.213. The Morgan fingerprint density at radius 2 is 1.92 bits per heavy atom. The van der Waals surface area contributed by atoms with Gasteiger partial charge in [-0.2, -0.15) is 0 Å². The lowest BCUT2D eigenvalue weighted by atomic mass is 9.43. The van der Waals surface area contributed by atoms with Gasteiger partial charge in [0.15, 0.2) is 0 Å². The van der Waals surface area contributed by atoms with Crippen molar-refractivity contribution < 1.29 is 9.53 Å². The van der Waals surface area contributed by atoms with Crippen molar-refractivity contribution in [1.29, 1.82) is 0 Å². The fraction of sp³-hybridized carbons (Fsp3) is 0.767. The molecule has 194 valence electrons. The van der Waals surface area contributed by atoms with E-state index in [0.29, 0.717) is 35.4 Å². The number of hydrogen-bond donors (Lipinski definition) is 0. The first-order valence-electron chi connectivity index (χ1n) is 14.7. The van der Waals surface area contributed by atoms with E-state index < -0.39 is 0 Å². The van der Waals surface area contributed by atoms with E-state index in [1.807, 2.05) is 7.11 Å². The van der Waals surface area contributed by atoms with Crippen molar-refractivity contribution >= 4 is 6.03 Å². The summed E-state index contributed by atoms with van der Waals surface area (Å²) in [5.41, 5.74) is 3.77. The van der Waals surface area contributed by atoms with Crippen molar-refractivity contribution in [1.82, 2.24) is 19.6 Å². The Morgan fingerprint density at radius 1 is 1.08 bits per heavy atom. The molecule has 3 aliphatic heterocycles. The summed E-state index contributed by atoms with van der Waals surface area (Å²) in [6.07, 6.45) is 9.17. The van der Waals surface area contributed by atoms with Crippen LogP contribution in [0.15, 0.2) is 18.2 Å². The van der Waals surface area contributed by atoms with Gasteiger partial charge in [-0.15, -0.1) is 0 Å². The number of methoxy groups -OCH3 is 1. The van der Waals surface area contributed by atoms with E-state index in [4.69, 9.17) is 4.74 Å². The molecule has 3 heterocycles. The van der Waals surface area contributed by atoms with E-state index in [2.05, 4.69) is 44.8 Å². The fourth-order valence-corrected chi connectivity index (χ4v) is 10.5. The first kappa shape index (κ1) is 22.2. The molecule has 2 unspecified atom stereocenters. The maximum absolute atomic E-state index is 13.9. The summed E-state index contributed by atoms with van der Waals surface area (Å²) >= 11 is 0. The van der Waals surface area contributed by atoms with Crippen LogP contribution in [-0.2, 0) is 11.8 Å². The minimum atomic E-state index is 0.213. The van der Waals surface area contributed by atoms with Crippen LogP contribution in [0.5, 0.6) is 5.75 Å². The summed E-state index contributed by atoms with van der Waals surface area (Å²) in [7, 11) is 3.98. The number of piperazine rings is 1. The molecule has 36 heavy (non-hydrogen) atoms. The second-order valence-corrected chi connectivity index (χ2v) is 13.4. The zero-order valence-corrected chi connectivity index (χ0v) is 22.1. The quantitative estimate of drug-likeness (QED) is 0.651. The summed E-state index contributed by atoms with van der Waals surface area (Å²) in [6, 6.07) is 8.42. The normalized spacial score (nSPS) is 41.3. The van der Waals surface area contributed by atoms with Crippen molar-refractivity contribution in [2.45, 2.75) is 62.4 Å². The molecule has 8 rings (SSSR count). The second kappa shape index (κ2) is 7.63. The number of hydrogen-bond acceptors (Lipinski definition) is 4. The highest BCUT2D eigenvalue weighted by molar-refractivity contribution is 5.76. The molecule has 7 aliphatic rings. The first-order valence-corrected chi connectivity index (χ1v) is 14.7. The van der Waals surface area contributed by atoms with Crippen molar-refractivity contribution in [3.63, 3.8) is 0 Å². The second-order valence-electron chi connectivity index (χ2n) is 13.4. The van der Waals surface area contributed by atoms with Crippen LogP contribution in [0.2, 0.25) is 0 Å². The van der Waals surface area contributed by atoms with Crippen molar-refractivity contribution in [3.05, 3.63) is 29.3 Å². The highest BCUT2D eigenvalue weighted by Gasteiger charge is 2.76. The van der Waals surface area contributed by atoms with Crippen molar-refractivity contribution in [3.8, 4) is 5.75 Å². The van der Waals surface area contributed by atoms with Gasteiger partial charge in [0.1, 0.15) is 5.75 Å². The summed E-state index contributed by atoms with van der Waals surface area (Å²) in [4.78, 5) is 23.7. The van der Waals surface area contributed by atoms with Gasteiger partial charge in [0.05, 0.1) is 7.11 Å². The van der Waals surface area contributed by atoms with Crippen LogP contribution in [-0.4, -0.2) is 97.7 Å². The average molecular weight is 491 g/mol.